The highest BCUT2D eigenvalue weighted by molar-refractivity contribution is 6.16. The monoisotopic (exact) mass is 464 g/mol. The zero-order valence-electron chi connectivity index (χ0n) is 19.6. The standard InChI is InChI=1S/C27H24N6O2/c1-16-11-12-17(2)22(13-16)32-27(34)23-24-26(31-21-10-5-4-9-20(21)30-24)33(25(23)28)29-15-18-7-6-8-19(14-18)35-3/h4-15H,28H2,1-3H3,(H,32,34)/b29-15-. The molecule has 0 atom stereocenters. The molecule has 0 aliphatic carbocycles. The molecule has 35 heavy (non-hydrogen) atoms. The molecule has 0 unspecified atom stereocenters. The fourth-order valence-corrected chi connectivity index (χ4v) is 3.89. The molecular weight excluding hydrogens is 440 g/mol. The molecule has 3 aromatic carbocycles. The second kappa shape index (κ2) is 8.90. The van der Waals surface area contributed by atoms with Crippen LogP contribution in [0.4, 0.5) is 11.5 Å². The topological polar surface area (TPSA) is 107 Å². The van der Waals surface area contributed by atoms with Gasteiger partial charge in [0.05, 0.1) is 24.4 Å². The average molecular weight is 465 g/mol. The van der Waals surface area contributed by atoms with E-state index in [4.69, 9.17) is 20.4 Å². The van der Waals surface area contributed by atoms with Crippen LogP contribution in [0, 0.1) is 13.8 Å². The van der Waals surface area contributed by atoms with Crippen molar-refractivity contribution in [1.82, 2.24) is 14.6 Å². The van der Waals surface area contributed by atoms with E-state index in [1.807, 2.05) is 80.6 Å². The Bertz CT molecular complexity index is 1620. The predicted octanol–water partition coefficient (Wildman–Crippen LogP) is 4.93. The summed E-state index contributed by atoms with van der Waals surface area (Å²) in [5.74, 6) is 0.483. The molecule has 0 saturated heterocycles. The molecule has 5 rings (SSSR count). The highest BCUT2D eigenvalue weighted by Gasteiger charge is 2.24. The van der Waals surface area contributed by atoms with Gasteiger partial charge >= 0.3 is 0 Å². The van der Waals surface area contributed by atoms with E-state index in [0.29, 0.717) is 33.6 Å². The first-order valence-corrected chi connectivity index (χ1v) is 11.1. The minimum absolute atomic E-state index is 0.150. The third-order valence-electron chi connectivity index (χ3n) is 5.76. The molecule has 0 saturated carbocycles. The van der Waals surface area contributed by atoms with Gasteiger partial charge < -0.3 is 15.8 Å². The number of nitrogens with zero attached hydrogens (tertiary/aromatic N) is 4. The number of hydrogen-bond acceptors (Lipinski definition) is 6. The van der Waals surface area contributed by atoms with Gasteiger partial charge in [-0.15, -0.1) is 0 Å². The molecule has 2 heterocycles. The van der Waals surface area contributed by atoms with Crippen LogP contribution < -0.4 is 15.8 Å². The van der Waals surface area contributed by atoms with Crippen LogP contribution in [-0.2, 0) is 0 Å². The Balaban J connectivity index is 1.66. The number of hydrogen-bond donors (Lipinski definition) is 2. The second-order valence-electron chi connectivity index (χ2n) is 8.25. The predicted molar refractivity (Wildman–Crippen MR) is 139 cm³/mol. The van der Waals surface area contributed by atoms with E-state index in [-0.39, 0.29) is 17.3 Å². The van der Waals surface area contributed by atoms with Gasteiger partial charge in [-0.05, 0) is 60.9 Å². The number of para-hydroxylation sites is 2. The Hall–Kier alpha value is -4.72. The van der Waals surface area contributed by atoms with Crippen LogP contribution in [-0.4, -0.2) is 33.9 Å². The lowest BCUT2D eigenvalue weighted by molar-refractivity contribution is 0.102. The van der Waals surface area contributed by atoms with Gasteiger partial charge in [-0.2, -0.15) is 9.78 Å². The van der Waals surface area contributed by atoms with Gasteiger partial charge in [0.2, 0.25) is 0 Å². The molecule has 0 aliphatic rings. The van der Waals surface area contributed by atoms with Crippen molar-refractivity contribution in [2.75, 3.05) is 18.2 Å². The average Bonchev–Trinajstić information content (AvgIpc) is 3.13. The fraction of sp³-hybridized carbons (Fsp3) is 0.111. The van der Waals surface area contributed by atoms with Crippen LogP contribution in [0.25, 0.3) is 22.2 Å². The maximum atomic E-state index is 13.5. The number of nitrogens with one attached hydrogen (secondary N) is 1. The second-order valence-corrected chi connectivity index (χ2v) is 8.25. The molecular formula is C27H24N6O2. The Morgan fingerprint density at radius 1 is 1.03 bits per heavy atom. The minimum atomic E-state index is -0.374. The van der Waals surface area contributed by atoms with E-state index in [1.54, 1.807) is 13.3 Å². The number of rotatable bonds is 5. The quantitative estimate of drug-likeness (QED) is 0.359. The van der Waals surface area contributed by atoms with E-state index in [9.17, 15) is 4.79 Å². The maximum Gasteiger partial charge on any atom is 0.261 e. The van der Waals surface area contributed by atoms with E-state index < -0.39 is 0 Å². The van der Waals surface area contributed by atoms with E-state index >= 15 is 0 Å². The molecule has 8 heteroatoms. The number of aryl methyl sites for hydroxylation is 2. The van der Waals surface area contributed by atoms with Gasteiger partial charge in [0.1, 0.15) is 22.6 Å². The number of carbonyl (C=O) groups is 1. The van der Waals surface area contributed by atoms with E-state index in [2.05, 4.69) is 10.4 Å². The van der Waals surface area contributed by atoms with E-state index in [1.165, 1.54) is 4.68 Å². The van der Waals surface area contributed by atoms with Crippen molar-refractivity contribution in [1.29, 1.82) is 0 Å². The van der Waals surface area contributed by atoms with Crippen molar-refractivity contribution < 1.29 is 9.53 Å². The Kier molecular flexibility index (Phi) is 5.62. The summed E-state index contributed by atoms with van der Waals surface area (Å²) in [5, 5.41) is 7.54. The van der Waals surface area contributed by atoms with Crippen molar-refractivity contribution in [2.45, 2.75) is 13.8 Å². The summed E-state index contributed by atoms with van der Waals surface area (Å²) in [7, 11) is 1.61. The third kappa shape index (κ3) is 4.17. The summed E-state index contributed by atoms with van der Waals surface area (Å²) < 4.78 is 6.74. The van der Waals surface area contributed by atoms with Crippen molar-refractivity contribution in [3.8, 4) is 5.75 Å². The van der Waals surface area contributed by atoms with Crippen molar-refractivity contribution in [3.63, 3.8) is 0 Å². The number of methoxy groups -OCH3 is 1. The molecule has 0 bridgehead atoms. The Morgan fingerprint density at radius 3 is 2.57 bits per heavy atom. The first kappa shape index (κ1) is 22.1. The maximum absolute atomic E-state index is 13.5. The number of fused-ring (bicyclic) bond motifs is 2. The number of aromatic nitrogens is 3. The van der Waals surface area contributed by atoms with Crippen LogP contribution in [0.3, 0.4) is 0 Å². The lowest BCUT2D eigenvalue weighted by Crippen LogP contribution is -2.15. The molecule has 5 aromatic rings. The molecule has 174 valence electrons. The number of nitrogens with two attached hydrogens (primary N) is 1. The SMILES string of the molecule is COc1cccc(/C=N\n2c(N)c(C(=O)Nc3cc(C)ccc3C)c3nc4ccccc4nc32)c1. The van der Waals surface area contributed by atoms with Crippen molar-refractivity contribution in [2.24, 2.45) is 5.10 Å². The molecule has 0 aliphatic heterocycles. The van der Waals surface area contributed by atoms with Crippen molar-refractivity contribution in [3.05, 3.63) is 89.0 Å². The fourth-order valence-electron chi connectivity index (χ4n) is 3.89. The Labute approximate surface area is 202 Å². The van der Waals surface area contributed by atoms with Gasteiger partial charge in [0.15, 0.2) is 5.65 Å². The lowest BCUT2D eigenvalue weighted by Gasteiger charge is -2.09. The van der Waals surface area contributed by atoms with Crippen LogP contribution in [0.2, 0.25) is 0 Å². The van der Waals surface area contributed by atoms with Crippen LogP contribution in [0.1, 0.15) is 27.0 Å². The zero-order valence-corrected chi connectivity index (χ0v) is 19.6. The summed E-state index contributed by atoms with van der Waals surface area (Å²) in [6, 6.07) is 20.8. The molecule has 3 N–H and O–H groups in total. The highest BCUT2D eigenvalue weighted by Crippen LogP contribution is 2.29. The molecule has 0 radical (unpaired) electrons. The first-order chi connectivity index (χ1) is 16.9. The number of ether oxygens (including phenoxy) is 1. The van der Waals surface area contributed by atoms with Crippen LogP contribution >= 0.6 is 0 Å². The van der Waals surface area contributed by atoms with Gasteiger partial charge in [-0.3, -0.25) is 4.79 Å². The molecule has 1 amide bonds. The van der Waals surface area contributed by atoms with Gasteiger partial charge in [-0.1, -0.05) is 36.4 Å². The number of amides is 1. The van der Waals surface area contributed by atoms with E-state index in [0.717, 1.165) is 16.7 Å². The zero-order chi connectivity index (χ0) is 24.5. The number of nitrogen functional groups attached to an aromatic ring is 1. The number of benzene rings is 3. The lowest BCUT2D eigenvalue weighted by atomic mass is 10.1. The minimum Gasteiger partial charge on any atom is -0.497 e. The van der Waals surface area contributed by atoms with Gasteiger partial charge in [-0.25, -0.2) is 9.97 Å². The number of carbonyl (C=O) groups excluding carboxylic acids is 1. The Morgan fingerprint density at radius 2 is 1.80 bits per heavy atom. The summed E-state index contributed by atoms with van der Waals surface area (Å²) in [5.41, 5.74) is 12.3. The third-order valence-corrected chi connectivity index (χ3v) is 5.76. The van der Waals surface area contributed by atoms with Gasteiger partial charge in [0, 0.05) is 5.69 Å². The molecule has 8 nitrogen and oxygen atoms in total. The largest absolute Gasteiger partial charge is 0.497 e. The summed E-state index contributed by atoms with van der Waals surface area (Å²) in [6.45, 7) is 3.91. The first-order valence-electron chi connectivity index (χ1n) is 11.1. The molecule has 0 fully saturated rings. The van der Waals surface area contributed by atoms with Gasteiger partial charge in [0.25, 0.3) is 5.91 Å². The smallest absolute Gasteiger partial charge is 0.261 e. The number of anilines is 2. The molecule has 2 aromatic heterocycles. The van der Waals surface area contributed by atoms with Crippen molar-refractivity contribution >= 4 is 45.8 Å². The normalized spacial score (nSPS) is 11.4. The molecule has 0 spiro atoms. The van der Waals surface area contributed by atoms with Crippen LogP contribution in [0.5, 0.6) is 5.75 Å². The highest BCUT2D eigenvalue weighted by atomic mass is 16.5. The summed E-state index contributed by atoms with van der Waals surface area (Å²) in [4.78, 5) is 22.9. The summed E-state index contributed by atoms with van der Waals surface area (Å²) in [6.07, 6.45) is 1.64. The van der Waals surface area contributed by atoms with Crippen LogP contribution in [0.15, 0.2) is 71.8 Å². The summed E-state index contributed by atoms with van der Waals surface area (Å²) >= 11 is 0.